The van der Waals surface area contributed by atoms with E-state index in [1.165, 1.54) is 24.3 Å². The highest BCUT2D eigenvalue weighted by molar-refractivity contribution is 9.10. The van der Waals surface area contributed by atoms with Crippen LogP contribution in [-0.2, 0) is 6.18 Å². The van der Waals surface area contributed by atoms with Crippen LogP contribution in [0.25, 0.3) is 5.69 Å². The minimum atomic E-state index is -4.68. The van der Waals surface area contributed by atoms with Gasteiger partial charge in [-0.1, -0.05) is 28.1 Å². The fourth-order valence-electron chi connectivity index (χ4n) is 2.40. The van der Waals surface area contributed by atoms with Crippen molar-refractivity contribution < 1.29 is 23.1 Å². The summed E-state index contributed by atoms with van der Waals surface area (Å²) in [5.41, 5.74) is -2.56. The molecule has 0 saturated carbocycles. The molecule has 0 atom stereocenters. The normalized spacial score (nSPS) is 11.3. The first-order chi connectivity index (χ1) is 13.2. The molecule has 6 nitrogen and oxygen atoms in total. The standard InChI is InChI=1S/C18H11BrF3N3O3/c19-10-5-7-11(8-6-10)25-15(27)9-14(26)16(24-25)17(28)23-13-4-2-1-3-12(13)18(20,21)22/h1-9,26H,(H,23,28). The first-order valence-corrected chi connectivity index (χ1v) is 8.53. The Kier molecular flexibility index (Phi) is 5.23. The quantitative estimate of drug-likeness (QED) is 0.628. The molecule has 3 rings (SSSR count). The Labute approximate surface area is 164 Å². The summed E-state index contributed by atoms with van der Waals surface area (Å²) in [5.74, 6) is -1.85. The van der Waals surface area contributed by atoms with Crippen molar-refractivity contribution in [3.05, 3.63) is 80.7 Å². The number of carbonyl (C=O) groups excluding carboxylic acids is 1. The number of rotatable bonds is 3. The summed E-state index contributed by atoms with van der Waals surface area (Å²) in [6, 6.07) is 11.5. The van der Waals surface area contributed by atoms with Gasteiger partial charge in [0.2, 0.25) is 0 Å². The minimum absolute atomic E-state index is 0.304. The lowest BCUT2D eigenvalue weighted by atomic mass is 10.1. The monoisotopic (exact) mass is 453 g/mol. The topological polar surface area (TPSA) is 84.2 Å². The predicted molar refractivity (Wildman–Crippen MR) is 98.6 cm³/mol. The van der Waals surface area contributed by atoms with Crippen LogP contribution in [0.3, 0.4) is 0 Å². The third kappa shape index (κ3) is 4.06. The minimum Gasteiger partial charge on any atom is -0.505 e. The van der Waals surface area contributed by atoms with E-state index in [0.717, 1.165) is 27.4 Å². The molecule has 0 spiro atoms. The molecule has 0 saturated heterocycles. The number of aromatic hydroxyl groups is 1. The van der Waals surface area contributed by atoms with Crippen molar-refractivity contribution in [1.29, 1.82) is 0 Å². The summed E-state index contributed by atoms with van der Waals surface area (Å²) >= 11 is 3.24. The summed E-state index contributed by atoms with van der Waals surface area (Å²) in [4.78, 5) is 24.5. The Bertz CT molecular complexity index is 1100. The van der Waals surface area contributed by atoms with E-state index in [4.69, 9.17) is 0 Å². The van der Waals surface area contributed by atoms with Gasteiger partial charge in [0, 0.05) is 10.5 Å². The molecule has 0 aliphatic carbocycles. The van der Waals surface area contributed by atoms with Crippen molar-refractivity contribution in [2.24, 2.45) is 0 Å². The van der Waals surface area contributed by atoms with Crippen molar-refractivity contribution in [2.75, 3.05) is 5.32 Å². The summed E-state index contributed by atoms with van der Waals surface area (Å²) < 4.78 is 40.9. The molecule has 28 heavy (non-hydrogen) atoms. The third-order valence-corrected chi connectivity index (χ3v) is 4.21. The van der Waals surface area contributed by atoms with E-state index in [2.05, 4.69) is 26.3 Å². The van der Waals surface area contributed by atoms with Crippen LogP contribution < -0.4 is 10.9 Å². The Morgan fingerprint density at radius 1 is 1.11 bits per heavy atom. The van der Waals surface area contributed by atoms with Crippen molar-refractivity contribution in [1.82, 2.24) is 9.78 Å². The number of nitrogens with zero attached hydrogens (tertiary/aromatic N) is 2. The first kappa shape index (κ1) is 19.6. The zero-order valence-electron chi connectivity index (χ0n) is 13.9. The zero-order valence-corrected chi connectivity index (χ0v) is 15.5. The van der Waals surface area contributed by atoms with Crippen LogP contribution in [-0.4, -0.2) is 20.8 Å². The van der Waals surface area contributed by atoms with Crippen LogP contribution in [0, 0.1) is 0 Å². The molecule has 1 aromatic heterocycles. The maximum Gasteiger partial charge on any atom is 0.418 e. The number of benzene rings is 2. The number of para-hydroxylation sites is 1. The Hall–Kier alpha value is -3.14. The second-order valence-electron chi connectivity index (χ2n) is 5.60. The summed E-state index contributed by atoms with van der Waals surface area (Å²) in [5, 5.41) is 15.8. The lowest BCUT2D eigenvalue weighted by Gasteiger charge is -2.14. The van der Waals surface area contributed by atoms with Crippen molar-refractivity contribution in [2.45, 2.75) is 6.18 Å². The fraction of sp³-hybridized carbons (Fsp3) is 0.0556. The number of carbonyl (C=O) groups is 1. The van der Waals surface area contributed by atoms with Gasteiger partial charge in [0.1, 0.15) is 0 Å². The molecule has 0 aliphatic rings. The fourth-order valence-corrected chi connectivity index (χ4v) is 2.66. The smallest absolute Gasteiger partial charge is 0.418 e. The second-order valence-corrected chi connectivity index (χ2v) is 6.52. The van der Waals surface area contributed by atoms with Crippen LogP contribution in [0.5, 0.6) is 5.75 Å². The van der Waals surface area contributed by atoms with Gasteiger partial charge in [-0.2, -0.15) is 23.0 Å². The molecule has 0 aliphatic heterocycles. The molecule has 0 bridgehead atoms. The van der Waals surface area contributed by atoms with Crippen LogP contribution in [0.15, 0.2) is 63.9 Å². The van der Waals surface area contributed by atoms with Crippen LogP contribution >= 0.6 is 15.9 Å². The molecular formula is C18H11BrF3N3O3. The molecule has 144 valence electrons. The number of nitrogens with one attached hydrogen (secondary N) is 1. The molecule has 0 unspecified atom stereocenters. The second kappa shape index (κ2) is 7.47. The predicted octanol–water partition coefficient (Wildman–Crippen LogP) is 3.97. The van der Waals surface area contributed by atoms with Crippen molar-refractivity contribution in [3.63, 3.8) is 0 Å². The van der Waals surface area contributed by atoms with Crippen molar-refractivity contribution >= 4 is 27.5 Å². The number of alkyl halides is 3. The molecule has 0 radical (unpaired) electrons. The summed E-state index contributed by atoms with van der Waals surface area (Å²) in [6.45, 7) is 0. The molecule has 2 N–H and O–H groups in total. The zero-order chi connectivity index (χ0) is 20.5. The van der Waals surface area contributed by atoms with E-state index in [-0.39, 0.29) is 0 Å². The third-order valence-electron chi connectivity index (χ3n) is 3.68. The number of hydrogen-bond acceptors (Lipinski definition) is 4. The SMILES string of the molecule is O=C(Nc1ccccc1C(F)(F)F)c1nn(-c2ccc(Br)cc2)c(=O)cc1O. The molecule has 0 fully saturated rings. The number of hydrogen-bond donors (Lipinski definition) is 2. The van der Waals surface area contributed by atoms with Gasteiger partial charge in [-0.3, -0.25) is 9.59 Å². The Morgan fingerprint density at radius 2 is 1.75 bits per heavy atom. The summed E-state index contributed by atoms with van der Waals surface area (Å²) in [6.07, 6.45) is -4.68. The number of amides is 1. The Morgan fingerprint density at radius 3 is 2.39 bits per heavy atom. The van der Waals surface area contributed by atoms with Crippen molar-refractivity contribution in [3.8, 4) is 11.4 Å². The van der Waals surface area contributed by atoms with Gasteiger partial charge in [-0.25, -0.2) is 0 Å². The highest BCUT2D eigenvalue weighted by Gasteiger charge is 2.34. The van der Waals surface area contributed by atoms with Gasteiger partial charge in [0.25, 0.3) is 11.5 Å². The largest absolute Gasteiger partial charge is 0.505 e. The van der Waals surface area contributed by atoms with E-state index in [0.29, 0.717) is 5.69 Å². The molecule has 2 aromatic carbocycles. The highest BCUT2D eigenvalue weighted by Crippen LogP contribution is 2.34. The van der Waals surface area contributed by atoms with Crippen LogP contribution in [0.4, 0.5) is 18.9 Å². The van der Waals surface area contributed by atoms with Crippen LogP contribution in [0.1, 0.15) is 16.1 Å². The van der Waals surface area contributed by atoms with E-state index in [1.54, 1.807) is 12.1 Å². The molecule has 3 aromatic rings. The molecule has 1 heterocycles. The van der Waals surface area contributed by atoms with E-state index < -0.39 is 40.3 Å². The van der Waals surface area contributed by atoms with Gasteiger partial charge in [-0.05, 0) is 36.4 Å². The number of halogens is 4. The van der Waals surface area contributed by atoms with Gasteiger partial charge in [0.15, 0.2) is 11.4 Å². The molecule has 10 heteroatoms. The Balaban J connectivity index is 2.01. The lowest BCUT2D eigenvalue weighted by Crippen LogP contribution is -2.25. The molecule has 1 amide bonds. The lowest BCUT2D eigenvalue weighted by molar-refractivity contribution is -0.136. The van der Waals surface area contributed by atoms with Crippen LogP contribution in [0.2, 0.25) is 0 Å². The van der Waals surface area contributed by atoms with Gasteiger partial charge in [-0.15, -0.1) is 0 Å². The van der Waals surface area contributed by atoms with Gasteiger partial charge < -0.3 is 10.4 Å². The van der Waals surface area contributed by atoms with Gasteiger partial charge >= 0.3 is 6.18 Å². The average Bonchev–Trinajstić information content (AvgIpc) is 2.62. The van der Waals surface area contributed by atoms with E-state index in [9.17, 15) is 27.9 Å². The summed E-state index contributed by atoms with van der Waals surface area (Å²) in [7, 11) is 0. The molecular weight excluding hydrogens is 443 g/mol. The van der Waals surface area contributed by atoms with E-state index in [1.807, 2.05) is 0 Å². The maximum absolute atomic E-state index is 13.1. The van der Waals surface area contributed by atoms with Gasteiger partial charge in [0.05, 0.1) is 16.9 Å². The average molecular weight is 454 g/mol. The number of aromatic nitrogens is 2. The van der Waals surface area contributed by atoms with E-state index >= 15 is 0 Å². The number of anilines is 1. The first-order valence-electron chi connectivity index (χ1n) is 7.73. The highest BCUT2D eigenvalue weighted by atomic mass is 79.9. The maximum atomic E-state index is 13.1.